The molecule has 0 heterocycles. The number of halogens is 4. The fourth-order valence-corrected chi connectivity index (χ4v) is 1.28. The van der Waals surface area contributed by atoms with E-state index in [9.17, 15) is 13.9 Å². The summed E-state index contributed by atoms with van der Waals surface area (Å²) in [7, 11) is 0. The minimum Gasteiger partial charge on any atom is -0.508 e. The Bertz CT molecular complexity index is 363. The van der Waals surface area contributed by atoms with Gasteiger partial charge in [0.15, 0.2) is 0 Å². The minimum absolute atomic E-state index is 0. The monoisotopic (exact) mass is 273 g/mol. The van der Waals surface area contributed by atoms with Gasteiger partial charge >= 0.3 is 0 Å². The van der Waals surface area contributed by atoms with E-state index in [4.69, 9.17) is 22.4 Å². The first-order chi connectivity index (χ1) is 6.88. The van der Waals surface area contributed by atoms with Crippen LogP contribution >= 0.6 is 24.0 Å². The van der Waals surface area contributed by atoms with Crippen LogP contribution in [0.4, 0.5) is 8.78 Å². The van der Waals surface area contributed by atoms with Crippen molar-refractivity contribution in [2.24, 2.45) is 5.73 Å². The Morgan fingerprint density at radius 3 is 2.50 bits per heavy atom. The van der Waals surface area contributed by atoms with Gasteiger partial charge in [-0.2, -0.15) is 0 Å². The van der Waals surface area contributed by atoms with E-state index in [-0.39, 0.29) is 28.7 Å². The van der Waals surface area contributed by atoms with Crippen molar-refractivity contribution in [2.45, 2.75) is 12.0 Å². The second kappa shape index (κ2) is 5.63. The van der Waals surface area contributed by atoms with Gasteiger partial charge in [0.1, 0.15) is 18.4 Å². The normalized spacial score (nSPS) is 13.1. The SMILES string of the molecule is Cl.N[C@@H](c1cc(Cl)ccc1O)C(F)(F)CO. The number of aliphatic hydroxyl groups excluding tert-OH is 1. The summed E-state index contributed by atoms with van der Waals surface area (Å²) in [5.74, 6) is -3.87. The molecule has 0 bridgehead atoms. The van der Waals surface area contributed by atoms with Gasteiger partial charge in [0.2, 0.25) is 0 Å². The average Bonchev–Trinajstić information content (AvgIpc) is 2.20. The first-order valence-electron chi connectivity index (χ1n) is 4.11. The third kappa shape index (κ3) is 3.18. The number of aromatic hydroxyl groups is 1. The highest BCUT2D eigenvalue weighted by Crippen LogP contribution is 2.34. The van der Waals surface area contributed by atoms with Gasteiger partial charge in [-0.05, 0) is 18.2 Å². The lowest BCUT2D eigenvalue weighted by molar-refractivity contribution is -0.0715. The fourth-order valence-electron chi connectivity index (χ4n) is 1.10. The molecule has 0 spiro atoms. The predicted octanol–water partition coefficient (Wildman–Crippen LogP) is 2.09. The van der Waals surface area contributed by atoms with Crippen LogP contribution in [0.1, 0.15) is 11.6 Å². The average molecular weight is 274 g/mol. The highest BCUT2D eigenvalue weighted by Gasteiger charge is 2.38. The van der Waals surface area contributed by atoms with Crippen LogP contribution < -0.4 is 5.73 Å². The molecule has 16 heavy (non-hydrogen) atoms. The number of aliphatic hydroxyl groups is 1. The van der Waals surface area contributed by atoms with E-state index in [0.29, 0.717) is 0 Å². The van der Waals surface area contributed by atoms with Gasteiger partial charge in [-0.1, -0.05) is 11.6 Å². The molecule has 1 rings (SSSR count). The first kappa shape index (κ1) is 15.4. The lowest BCUT2D eigenvalue weighted by atomic mass is 10.0. The van der Waals surface area contributed by atoms with E-state index in [1.165, 1.54) is 12.1 Å². The molecule has 92 valence electrons. The van der Waals surface area contributed by atoms with Crippen molar-refractivity contribution in [1.82, 2.24) is 0 Å². The number of hydrogen-bond donors (Lipinski definition) is 3. The van der Waals surface area contributed by atoms with E-state index in [1.807, 2.05) is 0 Å². The van der Waals surface area contributed by atoms with Gasteiger partial charge in [-0.15, -0.1) is 12.4 Å². The molecule has 0 aliphatic rings. The zero-order valence-electron chi connectivity index (χ0n) is 8.03. The molecule has 0 saturated heterocycles. The summed E-state index contributed by atoms with van der Waals surface area (Å²) in [5.41, 5.74) is 5.03. The Morgan fingerprint density at radius 2 is 2.00 bits per heavy atom. The minimum atomic E-state index is -3.50. The van der Waals surface area contributed by atoms with E-state index in [1.54, 1.807) is 0 Å². The second-order valence-corrected chi connectivity index (χ2v) is 3.54. The van der Waals surface area contributed by atoms with Crippen LogP contribution in [0.15, 0.2) is 18.2 Å². The van der Waals surface area contributed by atoms with Crippen molar-refractivity contribution in [2.75, 3.05) is 6.61 Å². The van der Waals surface area contributed by atoms with Crippen molar-refractivity contribution in [3.05, 3.63) is 28.8 Å². The molecule has 0 fully saturated rings. The van der Waals surface area contributed by atoms with Crippen molar-refractivity contribution in [3.8, 4) is 5.75 Å². The topological polar surface area (TPSA) is 66.5 Å². The van der Waals surface area contributed by atoms with Crippen molar-refractivity contribution in [1.29, 1.82) is 0 Å². The molecular formula is C9H11Cl2F2NO2. The quantitative estimate of drug-likeness (QED) is 0.790. The number of phenols is 1. The van der Waals surface area contributed by atoms with Crippen LogP contribution in [-0.2, 0) is 0 Å². The molecule has 0 aromatic heterocycles. The Kier molecular flexibility index (Phi) is 5.41. The molecule has 0 aliphatic carbocycles. The summed E-state index contributed by atoms with van der Waals surface area (Å²) >= 11 is 5.58. The Hall–Kier alpha value is -0.620. The highest BCUT2D eigenvalue weighted by molar-refractivity contribution is 6.30. The van der Waals surface area contributed by atoms with E-state index >= 15 is 0 Å². The van der Waals surface area contributed by atoms with Crippen LogP contribution in [0.3, 0.4) is 0 Å². The molecule has 0 unspecified atom stereocenters. The lowest BCUT2D eigenvalue weighted by Gasteiger charge is -2.22. The number of hydrogen-bond acceptors (Lipinski definition) is 3. The van der Waals surface area contributed by atoms with Crippen LogP contribution in [-0.4, -0.2) is 22.7 Å². The molecular weight excluding hydrogens is 263 g/mol. The first-order valence-corrected chi connectivity index (χ1v) is 4.49. The zero-order chi connectivity index (χ0) is 11.6. The van der Waals surface area contributed by atoms with Gasteiger partial charge in [0.25, 0.3) is 5.92 Å². The number of benzene rings is 1. The molecule has 3 nitrogen and oxygen atoms in total. The molecule has 1 aromatic rings. The molecule has 4 N–H and O–H groups in total. The summed E-state index contributed by atoms with van der Waals surface area (Å²) < 4.78 is 26.0. The summed E-state index contributed by atoms with van der Waals surface area (Å²) in [4.78, 5) is 0. The highest BCUT2D eigenvalue weighted by atomic mass is 35.5. The third-order valence-electron chi connectivity index (χ3n) is 1.99. The maximum atomic E-state index is 13.0. The maximum Gasteiger partial charge on any atom is 0.289 e. The molecule has 1 aromatic carbocycles. The van der Waals surface area contributed by atoms with Gasteiger partial charge in [-0.25, -0.2) is 8.78 Å². The predicted molar refractivity (Wildman–Crippen MR) is 59.3 cm³/mol. The Balaban J connectivity index is 0.00000225. The molecule has 0 radical (unpaired) electrons. The summed E-state index contributed by atoms with van der Waals surface area (Å²) in [6.45, 7) is -1.39. The standard InChI is InChI=1S/C9H10ClF2NO2.ClH/c10-5-1-2-7(15)6(3-5)8(13)9(11,12)4-14;/h1-3,8,14-15H,4,13H2;1H/t8-;/m0./s1. The van der Waals surface area contributed by atoms with Gasteiger partial charge in [-0.3, -0.25) is 0 Å². The second-order valence-electron chi connectivity index (χ2n) is 3.10. The van der Waals surface area contributed by atoms with Crippen molar-refractivity contribution >= 4 is 24.0 Å². The maximum absolute atomic E-state index is 13.0. The number of phenolic OH excluding ortho intramolecular Hbond substituents is 1. The Labute approximate surface area is 102 Å². The molecule has 1 atom stereocenters. The van der Waals surface area contributed by atoms with Crippen LogP contribution in [0, 0.1) is 0 Å². The van der Waals surface area contributed by atoms with Crippen LogP contribution in [0.5, 0.6) is 5.75 Å². The smallest absolute Gasteiger partial charge is 0.289 e. The molecule has 0 aliphatic heterocycles. The Morgan fingerprint density at radius 1 is 1.44 bits per heavy atom. The van der Waals surface area contributed by atoms with Gasteiger partial charge < -0.3 is 15.9 Å². The fraction of sp³-hybridized carbons (Fsp3) is 0.333. The molecule has 0 saturated carbocycles. The van der Waals surface area contributed by atoms with Crippen molar-refractivity contribution < 1.29 is 19.0 Å². The van der Waals surface area contributed by atoms with Gasteiger partial charge in [0.05, 0.1) is 0 Å². The lowest BCUT2D eigenvalue weighted by Crippen LogP contribution is -2.36. The zero-order valence-corrected chi connectivity index (χ0v) is 9.60. The number of alkyl halides is 2. The van der Waals surface area contributed by atoms with E-state index in [0.717, 1.165) is 6.07 Å². The summed E-state index contributed by atoms with van der Waals surface area (Å²) in [6.07, 6.45) is 0. The number of rotatable bonds is 3. The summed E-state index contributed by atoms with van der Waals surface area (Å²) in [6, 6.07) is 1.88. The largest absolute Gasteiger partial charge is 0.508 e. The third-order valence-corrected chi connectivity index (χ3v) is 2.23. The summed E-state index contributed by atoms with van der Waals surface area (Å²) in [5, 5.41) is 17.9. The van der Waals surface area contributed by atoms with Crippen LogP contribution in [0.25, 0.3) is 0 Å². The van der Waals surface area contributed by atoms with Gasteiger partial charge in [0, 0.05) is 10.6 Å². The van der Waals surface area contributed by atoms with Crippen LogP contribution in [0.2, 0.25) is 5.02 Å². The van der Waals surface area contributed by atoms with E-state index in [2.05, 4.69) is 0 Å². The molecule has 7 heteroatoms. The van der Waals surface area contributed by atoms with E-state index < -0.39 is 18.6 Å². The van der Waals surface area contributed by atoms with Crippen molar-refractivity contribution in [3.63, 3.8) is 0 Å². The number of nitrogens with two attached hydrogens (primary N) is 1. The molecule has 0 amide bonds.